The van der Waals surface area contributed by atoms with E-state index in [0.717, 1.165) is 12.8 Å². The number of rotatable bonds is 3. The molecule has 1 aliphatic carbocycles. The summed E-state index contributed by atoms with van der Waals surface area (Å²) in [5, 5.41) is 10.0. The smallest absolute Gasteiger partial charge is 0.374 e. The predicted octanol–water partition coefficient (Wildman–Crippen LogP) is 3.28. The van der Waals surface area contributed by atoms with Gasteiger partial charge in [-0.3, -0.25) is 4.79 Å². The number of carbonyl (C=O) groups excluding carboxylic acids is 1. The maximum atomic E-state index is 13.9. The first-order chi connectivity index (χ1) is 13.5. The van der Waals surface area contributed by atoms with E-state index in [2.05, 4.69) is 9.97 Å². The van der Waals surface area contributed by atoms with Crippen LogP contribution in [0.15, 0.2) is 18.3 Å². The molecule has 0 spiro atoms. The lowest BCUT2D eigenvalue weighted by Gasteiger charge is -2.36. The number of nitrogens with zero attached hydrogens (tertiary/aromatic N) is 4. The quantitative estimate of drug-likeness (QED) is 0.786. The summed E-state index contributed by atoms with van der Waals surface area (Å²) in [5.74, 6) is -1.32. The Balaban J connectivity index is 1.62. The van der Waals surface area contributed by atoms with Crippen LogP contribution in [0.5, 0.6) is 0 Å². The maximum absolute atomic E-state index is 13.9. The van der Waals surface area contributed by atoms with Crippen molar-refractivity contribution in [3.8, 4) is 0 Å². The number of hydrogen-bond acceptors (Lipinski definition) is 4. The van der Waals surface area contributed by atoms with Crippen LogP contribution in [0.2, 0.25) is 0 Å². The largest absolute Gasteiger partial charge is 0.424 e. The van der Waals surface area contributed by atoms with E-state index in [9.17, 15) is 27.5 Å². The van der Waals surface area contributed by atoms with Gasteiger partial charge in [-0.15, -0.1) is 0 Å². The molecule has 1 amide bonds. The molecular formula is C19H20F4N4O2. The Morgan fingerprint density at radius 1 is 1.28 bits per heavy atom. The number of hydrogen-bond donors (Lipinski definition) is 1. The zero-order chi connectivity index (χ0) is 21.1. The third-order valence-corrected chi connectivity index (χ3v) is 5.48. The molecule has 6 nitrogen and oxygen atoms in total. The van der Waals surface area contributed by atoms with Gasteiger partial charge in [-0.25, -0.2) is 14.4 Å². The van der Waals surface area contributed by atoms with Gasteiger partial charge < -0.3 is 14.6 Å². The Labute approximate surface area is 164 Å². The fourth-order valence-electron chi connectivity index (χ4n) is 3.69. The minimum atomic E-state index is -4.89. The molecule has 10 heteroatoms. The summed E-state index contributed by atoms with van der Waals surface area (Å²) in [6.45, 7) is 2.44. The Hall–Kier alpha value is -2.49. The molecule has 3 heterocycles. The molecule has 156 valence electrons. The number of alkyl halides is 3. The average molecular weight is 412 g/mol. The van der Waals surface area contributed by atoms with Crippen LogP contribution in [0.3, 0.4) is 0 Å². The van der Waals surface area contributed by atoms with Crippen molar-refractivity contribution in [2.75, 3.05) is 6.54 Å². The molecule has 1 N–H and O–H groups in total. The van der Waals surface area contributed by atoms with Crippen molar-refractivity contribution in [2.45, 2.75) is 57.0 Å². The maximum Gasteiger partial charge on any atom is 0.424 e. The van der Waals surface area contributed by atoms with Crippen molar-refractivity contribution in [1.82, 2.24) is 19.4 Å². The number of fused-ring (bicyclic) bond motifs is 1. The molecule has 0 saturated heterocycles. The Morgan fingerprint density at radius 2 is 1.97 bits per heavy atom. The van der Waals surface area contributed by atoms with Crippen molar-refractivity contribution in [1.29, 1.82) is 0 Å². The molecule has 1 saturated carbocycles. The normalized spacial score (nSPS) is 21.6. The summed E-state index contributed by atoms with van der Waals surface area (Å²) in [6, 6.07) is 2.00. The summed E-state index contributed by atoms with van der Waals surface area (Å²) in [7, 11) is 0. The third-order valence-electron chi connectivity index (χ3n) is 5.48. The number of aliphatic hydroxyl groups is 1. The van der Waals surface area contributed by atoms with Gasteiger partial charge in [0.2, 0.25) is 5.60 Å². The topological polar surface area (TPSA) is 71.2 Å². The minimum Gasteiger partial charge on any atom is -0.374 e. The van der Waals surface area contributed by atoms with Crippen LogP contribution in [0, 0.1) is 5.82 Å². The van der Waals surface area contributed by atoms with E-state index in [1.807, 2.05) is 0 Å². The van der Waals surface area contributed by atoms with E-state index >= 15 is 0 Å². The van der Waals surface area contributed by atoms with E-state index in [1.165, 1.54) is 27.8 Å². The molecule has 2 aromatic heterocycles. The van der Waals surface area contributed by atoms with E-state index in [-0.39, 0.29) is 30.4 Å². The highest BCUT2D eigenvalue weighted by molar-refractivity contribution is 5.92. The molecule has 1 aliphatic heterocycles. The van der Waals surface area contributed by atoms with Gasteiger partial charge >= 0.3 is 6.18 Å². The molecule has 2 aromatic rings. The lowest BCUT2D eigenvalue weighted by atomic mass is 10.0. The van der Waals surface area contributed by atoms with Gasteiger partial charge in [-0.2, -0.15) is 13.2 Å². The van der Waals surface area contributed by atoms with Crippen molar-refractivity contribution in [2.24, 2.45) is 0 Å². The van der Waals surface area contributed by atoms with Crippen LogP contribution in [-0.4, -0.2) is 43.2 Å². The predicted molar refractivity (Wildman–Crippen MR) is 93.5 cm³/mol. The summed E-state index contributed by atoms with van der Waals surface area (Å²) in [6.07, 6.45) is -1.98. The van der Waals surface area contributed by atoms with E-state index < -0.39 is 35.4 Å². The molecular weight excluding hydrogens is 392 g/mol. The zero-order valence-electron chi connectivity index (χ0n) is 15.9. The number of carbonyl (C=O) groups is 1. The van der Waals surface area contributed by atoms with Crippen LogP contribution in [0.4, 0.5) is 17.6 Å². The molecule has 0 aromatic carbocycles. The van der Waals surface area contributed by atoms with E-state index in [1.54, 1.807) is 6.92 Å². The van der Waals surface area contributed by atoms with Crippen LogP contribution >= 0.6 is 0 Å². The van der Waals surface area contributed by atoms with Crippen molar-refractivity contribution >= 4 is 5.91 Å². The zero-order valence-corrected chi connectivity index (χ0v) is 15.9. The molecule has 0 unspecified atom stereocenters. The third kappa shape index (κ3) is 3.29. The second-order valence-electron chi connectivity index (χ2n) is 7.89. The van der Waals surface area contributed by atoms with Crippen molar-refractivity contribution in [3.05, 3.63) is 47.1 Å². The standard InChI is InChI=1S/C19H20F4N4O2/c1-10-8-26(16(28)14-6-5-13(20)15(25-14)11-3-4-11)9-12-7-24-17(27(10)12)18(2,29)19(21,22)23/h5-7,10-11,29H,3-4,8-9H2,1-2H3/t10-,18+/m0/s1. The number of pyridine rings is 1. The first-order valence-electron chi connectivity index (χ1n) is 9.32. The number of amides is 1. The highest BCUT2D eigenvalue weighted by Gasteiger charge is 2.55. The lowest BCUT2D eigenvalue weighted by molar-refractivity contribution is -0.263. The van der Waals surface area contributed by atoms with Gasteiger partial charge in [0.25, 0.3) is 5.91 Å². The Kier molecular flexibility index (Phi) is 4.45. The van der Waals surface area contributed by atoms with Gasteiger partial charge in [0.15, 0.2) is 5.82 Å². The van der Waals surface area contributed by atoms with Crippen molar-refractivity contribution in [3.63, 3.8) is 0 Å². The highest BCUT2D eigenvalue weighted by Crippen LogP contribution is 2.41. The number of aromatic nitrogens is 3. The first-order valence-corrected chi connectivity index (χ1v) is 9.32. The average Bonchev–Trinajstić information content (AvgIpc) is 3.38. The van der Waals surface area contributed by atoms with Crippen molar-refractivity contribution < 1.29 is 27.5 Å². The van der Waals surface area contributed by atoms with Gasteiger partial charge in [-0.05, 0) is 38.8 Å². The van der Waals surface area contributed by atoms with Gasteiger partial charge in [0, 0.05) is 12.5 Å². The van der Waals surface area contributed by atoms with E-state index in [4.69, 9.17) is 0 Å². The molecule has 2 aliphatic rings. The summed E-state index contributed by atoms with van der Waals surface area (Å²) in [5.41, 5.74) is -2.34. The Bertz CT molecular complexity index is 966. The summed E-state index contributed by atoms with van der Waals surface area (Å²) >= 11 is 0. The lowest BCUT2D eigenvalue weighted by Crippen LogP contribution is -2.45. The minimum absolute atomic E-state index is 0.0158. The highest BCUT2D eigenvalue weighted by atomic mass is 19.4. The SMILES string of the molecule is C[C@H]1CN(C(=O)c2ccc(F)c(C3CC3)n2)Cc2cnc([C@@](C)(O)C(F)(F)F)n21. The molecule has 1 fully saturated rings. The first kappa shape index (κ1) is 19.8. The van der Waals surface area contributed by atoms with Gasteiger partial charge in [0.05, 0.1) is 30.2 Å². The summed E-state index contributed by atoms with van der Waals surface area (Å²) < 4.78 is 55.0. The number of imidazole rings is 1. The monoisotopic (exact) mass is 412 g/mol. The van der Waals surface area contributed by atoms with Gasteiger partial charge in [0.1, 0.15) is 11.5 Å². The van der Waals surface area contributed by atoms with Crippen LogP contribution in [0.1, 0.15) is 66.3 Å². The second kappa shape index (κ2) is 6.51. The fourth-order valence-corrected chi connectivity index (χ4v) is 3.69. The molecule has 0 bridgehead atoms. The van der Waals surface area contributed by atoms with Gasteiger partial charge in [-0.1, -0.05) is 0 Å². The van der Waals surface area contributed by atoms with Crippen LogP contribution < -0.4 is 0 Å². The summed E-state index contributed by atoms with van der Waals surface area (Å²) in [4.78, 5) is 22.3. The second-order valence-corrected chi connectivity index (χ2v) is 7.89. The molecule has 2 atom stereocenters. The molecule has 0 radical (unpaired) electrons. The molecule has 4 rings (SSSR count). The number of halogens is 4. The molecule has 29 heavy (non-hydrogen) atoms. The fraction of sp³-hybridized carbons (Fsp3) is 0.526. The van der Waals surface area contributed by atoms with Crippen LogP contribution in [-0.2, 0) is 12.1 Å². The van der Waals surface area contributed by atoms with E-state index in [0.29, 0.717) is 12.6 Å². The Morgan fingerprint density at radius 3 is 2.59 bits per heavy atom. The van der Waals surface area contributed by atoms with Crippen LogP contribution in [0.25, 0.3) is 0 Å².